The van der Waals surface area contributed by atoms with E-state index in [0.717, 1.165) is 17.6 Å². The van der Waals surface area contributed by atoms with Gasteiger partial charge in [0, 0.05) is 6.54 Å². The number of nitrogen functional groups attached to an aromatic ring is 1. The van der Waals surface area contributed by atoms with E-state index in [2.05, 4.69) is 34.7 Å². The number of aryl methyl sites for hydroxylation is 1. The second-order valence-corrected chi connectivity index (χ2v) is 5.74. The number of anilines is 1. The molecular weight excluding hydrogens is 250 g/mol. The molecule has 1 aliphatic rings. The van der Waals surface area contributed by atoms with Crippen LogP contribution in [0.5, 0.6) is 0 Å². The van der Waals surface area contributed by atoms with Crippen molar-refractivity contribution in [2.45, 2.75) is 51.7 Å². The Morgan fingerprint density at radius 3 is 2.90 bits per heavy atom. The summed E-state index contributed by atoms with van der Waals surface area (Å²) in [6, 6.07) is 6.26. The Morgan fingerprint density at radius 2 is 2.10 bits per heavy atom. The first-order valence-corrected chi connectivity index (χ1v) is 7.58. The average molecular weight is 273 g/mol. The van der Waals surface area contributed by atoms with Crippen LogP contribution in [0.2, 0.25) is 0 Å². The van der Waals surface area contributed by atoms with Crippen LogP contribution in [0.1, 0.15) is 37.7 Å². The van der Waals surface area contributed by atoms with Crippen molar-refractivity contribution in [3.05, 3.63) is 23.8 Å². The zero-order chi connectivity index (χ0) is 13.9. The molecule has 1 aromatic carbocycles. The average Bonchev–Trinajstić information content (AvgIpc) is 2.75. The lowest BCUT2D eigenvalue weighted by Gasteiger charge is -2.22. The first kappa shape index (κ1) is 13.4. The minimum absolute atomic E-state index is 0.446. The molecule has 4 heteroatoms. The lowest BCUT2D eigenvalue weighted by Crippen LogP contribution is -2.19. The molecule has 2 N–H and O–H groups in total. The highest BCUT2D eigenvalue weighted by atomic mass is 16.5. The molecule has 1 aliphatic carbocycles. The number of imidazole rings is 1. The number of hydrogen-bond donors (Lipinski definition) is 1. The molecule has 0 spiro atoms. The van der Waals surface area contributed by atoms with Crippen molar-refractivity contribution in [3.8, 4) is 0 Å². The van der Waals surface area contributed by atoms with Crippen LogP contribution in [0.3, 0.4) is 0 Å². The van der Waals surface area contributed by atoms with Crippen LogP contribution >= 0.6 is 0 Å². The SMILES string of the molecule is Cc1ccc2c(c1)nc(N)n2CCOC1CCCCC1. The van der Waals surface area contributed by atoms with Crippen LogP contribution in [-0.2, 0) is 11.3 Å². The van der Waals surface area contributed by atoms with Crippen LogP contribution in [0, 0.1) is 6.92 Å². The maximum atomic E-state index is 6.02. The van der Waals surface area contributed by atoms with Gasteiger partial charge in [0.1, 0.15) is 0 Å². The van der Waals surface area contributed by atoms with E-state index in [1.165, 1.54) is 37.7 Å². The van der Waals surface area contributed by atoms with Crippen molar-refractivity contribution in [1.82, 2.24) is 9.55 Å². The van der Waals surface area contributed by atoms with E-state index in [9.17, 15) is 0 Å². The van der Waals surface area contributed by atoms with Crippen molar-refractivity contribution in [3.63, 3.8) is 0 Å². The first-order valence-electron chi connectivity index (χ1n) is 7.58. The molecule has 0 aliphatic heterocycles. The third kappa shape index (κ3) is 2.80. The van der Waals surface area contributed by atoms with Crippen LogP contribution in [-0.4, -0.2) is 22.3 Å². The number of ether oxygens (including phenoxy) is 1. The number of rotatable bonds is 4. The van der Waals surface area contributed by atoms with Gasteiger partial charge in [0.2, 0.25) is 5.95 Å². The molecule has 0 atom stereocenters. The Labute approximate surface area is 119 Å². The summed E-state index contributed by atoms with van der Waals surface area (Å²) in [5.74, 6) is 0.581. The monoisotopic (exact) mass is 273 g/mol. The number of hydrogen-bond acceptors (Lipinski definition) is 3. The molecule has 1 aromatic heterocycles. The van der Waals surface area contributed by atoms with Crippen LogP contribution in [0.4, 0.5) is 5.95 Å². The fourth-order valence-electron chi connectivity index (χ4n) is 3.04. The summed E-state index contributed by atoms with van der Waals surface area (Å²) in [5, 5.41) is 0. The van der Waals surface area contributed by atoms with Gasteiger partial charge in [-0.25, -0.2) is 4.98 Å². The van der Waals surface area contributed by atoms with Crippen molar-refractivity contribution < 1.29 is 4.74 Å². The highest BCUT2D eigenvalue weighted by molar-refractivity contribution is 5.79. The summed E-state index contributed by atoms with van der Waals surface area (Å²) in [5.41, 5.74) is 9.30. The maximum absolute atomic E-state index is 6.02. The Balaban J connectivity index is 1.66. The lowest BCUT2D eigenvalue weighted by molar-refractivity contribution is 0.0246. The van der Waals surface area contributed by atoms with E-state index in [-0.39, 0.29) is 0 Å². The number of aromatic nitrogens is 2. The predicted octanol–water partition coefficient (Wildman–Crippen LogP) is 3.28. The molecule has 0 saturated heterocycles. The lowest BCUT2D eigenvalue weighted by atomic mass is 9.98. The van der Waals surface area contributed by atoms with Gasteiger partial charge in [-0.3, -0.25) is 0 Å². The molecule has 108 valence electrons. The van der Waals surface area contributed by atoms with E-state index in [0.29, 0.717) is 18.7 Å². The molecule has 1 fully saturated rings. The Kier molecular flexibility index (Phi) is 3.92. The summed E-state index contributed by atoms with van der Waals surface area (Å²) in [4.78, 5) is 4.42. The Morgan fingerprint density at radius 1 is 1.30 bits per heavy atom. The van der Waals surface area contributed by atoms with Gasteiger partial charge in [0.25, 0.3) is 0 Å². The van der Waals surface area contributed by atoms with E-state index in [4.69, 9.17) is 10.5 Å². The fraction of sp³-hybridized carbons (Fsp3) is 0.562. The second kappa shape index (κ2) is 5.83. The third-order valence-electron chi connectivity index (χ3n) is 4.15. The number of fused-ring (bicyclic) bond motifs is 1. The standard InChI is InChI=1S/C16H23N3O/c1-12-7-8-15-14(11-12)18-16(17)19(15)9-10-20-13-5-3-2-4-6-13/h7-8,11,13H,2-6,9-10H2,1H3,(H2,17,18). The van der Waals surface area contributed by atoms with Gasteiger partial charge in [0.05, 0.1) is 23.7 Å². The van der Waals surface area contributed by atoms with E-state index in [1.54, 1.807) is 0 Å². The number of nitrogens with zero attached hydrogens (tertiary/aromatic N) is 2. The molecule has 4 nitrogen and oxygen atoms in total. The molecule has 0 radical (unpaired) electrons. The summed E-state index contributed by atoms with van der Waals surface area (Å²) < 4.78 is 8.03. The molecule has 3 rings (SSSR count). The van der Waals surface area contributed by atoms with Crippen molar-refractivity contribution in [2.75, 3.05) is 12.3 Å². The molecule has 0 amide bonds. The molecule has 0 unspecified atom stereocenters. The molecule has 20 heavy (non-hydrogen) atoms. The Hall–Kier alpha value is -1.55. The fourth-order valence-corrected chi connectivity index (χ4v) is 3.04. The summed E-state index contributed by atoms with van der Waals surface area (Å²) in [6.45, 7) is 3.57. The van der Waals surface area contributed by atoms with Crippen LogP contribution in [0.15, 0.2) is 18.2 Å². The zero-order valence-electron chi connectivity index (χ0n) is 12.1. The first-order chi connectivity index (χ1) is 9.74. The van der Waals surface area contributed by atoms with Crippen molar-refractivity contribution >= 4 is 17.0 Å². The smallest absolute Gasteiger partial charge is 0.201 e. The van der Waals surface area contributed by atoms with Gasteiger partial charge in [-0.1, -0.05) is 25.3 Å². The van der Waals surface area contributed by atoms with Crippen molar-refractivity contribution in [2.24, 2.45) is 0 Å². The van der Waals surface area contributed by atoms with Gasteiger partial charge in [-0.05, 0) is 37.5 Å². The maximum Gasteiger partial charge on any atom is 0.201 e. The predicted molar refractivity (Wildman–Crippen MR) is 81.7 cm³/mol. The van der Waals surface area contributed by atoms with Gasteiger partial charge < -0.3 is 15.0 Å². The largest absolute Gasteiger partial charge is 0.376 e. The number of benzene rings is 1. The van der Waals surface area contributed by atoms with Crippen LogP contribution < -0.4 is 5.73 Å². The van der Waals surface area contributed by atoms with E-state index < -0.39 is 0 Å². The molecular formula is C16H23N3O. The minimum atomic E-state index is 0.446. The van der Waals surface area contributed by atoms with Gasteiger partial charge in [-0.15, -0.1) is 0 Å². The summed E-state index contributed by atoms with van der Waals surface area (Å²) in [7, 11) is 0. The summed E-state index contributed by atoms with van der Waals surface area (Å²) in [6.07, 6.45) is 6.83. The van der Waals surface area contributed by atoms with Gasteiger partial charge >= 0.3 is 0 Å². The third-order valence-corrected chi connectivity index (χ3v) is 4.15. The normalized spacial score (nSPS) is 16.9. The molecule has 1 heterocycles. The zero-order valence-corrected chi connectivity index (χ0v) is 12.1. The Bertz CT molecular complexity index is 585. The van der Waals surface area contributed by atoms with Gasteiger partial charge in [0.15, 0.2) is 0 Å². The minimum Gasteiger partial charge on any atom is -0.376 e. The van der Waals surface area contributed by atoms with Gasteiger partial charge in [-0.2, -0.15) is 0 Å². The molecule has 0 bridgehead atoms. The van der Waals surface area contributed by atoms with E-state index >= 15 is 0 Å². The summed E-state index contributed by atoms with van der Waals surface area (Å²) >= 11 is 0. The second-order valence-electron chi connectivity index (χ2n) is 5.74. The highest BCUT2D eigenvalue weighted by Gasteiger charge is 2.14. The quantitative estimate of drug-likeness (QED) is 0.930. The van der Waals surface area contributed by atoms with Crippen molar-refractivity contribution in [1.29, 1.82) is 0 Å². The highest BCUT2D eigenvalue weighted by Crippen LogP contribution is 2.22. The topological polar surface area (TPSA) is 53.1 Å². The van der Waals surface area contributed by atoms with Crippen LogP contribution in [0.25, 0.3) is 11.0 Å². The number of nitrogens with two attached hydrogens (primary N) is 1. The van der Waals surface area contributed by atoms with E-state index in [1.807, 2.05) is 0 Å². The molecule has 1 saturated carbocycles. The molecule has 2 aromatic rings.